The summed E-state index contributed by atoms with van der Waals surface area (Å²) in [6, 6.07) is 8.29. The number of hydrogen-bond acceptors (Lipinski definition) is 4. The van der Waals surface area contributed by atoms with E-state index in [-0.39, 0.29) is 23.8 Å². The highest BCUT2D eigenvalue weighted by molar-refractivity contribution is 5.50. The van der Waals surface area contributed by atoms with Gasteiger partial charge in [0.1, 0.15) is 0 Å². The van der Waals surface area contributed by atoms with Crippen molar-refractivity contribution >= 4 is 5.69 Å². The number of halogens is 1. The topological polar surface area (TPSA) is 72.6 Å². The molecule has 5 nitrogen and oxygen atoms in total. The van der Waals surface area contributed by atoms with Crippen LogP contribution in [-0.2, 0) is 6.61 Å². The Morgan fingerprint density at radius 3 is 2.60 bits per heavy atom. The van der Waals surface area contributed by atoms with Crippen LogP contribution >= 0.6 is 0 Å². The first-order chi connectivity index (χ1) is 9.51. The number of aliphatic hydroxyl groups is 1. The molecule has 0 atom stereocenters. The van der Waals surface area contributed by atoms with Crippen LogP contribution in [0.4, 0.5) is 10.1 Å². The molecule has 0 radical (unpaired) electrons. The van der Waals surface area contributed by atoms with Gasteiger partial charge in [0.15, 0.2) is 11.6 Å². The fourth-order valence-electron chi connectivity index (χ4n) is 1.70. The first kappa shape index (κ1) is 14.0. The van der Waals surface area contributed by atoms with Gasteiger partial charge < -0.3 is 9.84 Å². The number of aliphatic hydroxyl groups excluding tert-OH is 1. The minimum Gasteiger partial charge on any atom is -0.447 e. The predicted molar refractivity (Wildman–Crippen MR) is 70.2 cm³/mol. The van der Waals surface area contributed by atoms with E-state index in [1.165, 1.54) is 24.3 Å². The van der Waals surface area contributed by atoms with Gasteiger partial charge in [0.2, 0.25) is 5.75 Å². The number of ether oxygens (including phenoxy) is 1. The van der Waals surface area contributed by atoms with Crippen molar-refractivity contribution in [2.45, 2.75) is 13.5 Å². The highest BCUT2D eigenvalue weighted by atomic mass is 19.1. The molecule has 0 aliphatic heterocycles. The third-order valence-corrected chi connectivity index (χ3v) is 2.71. The third-order valence-electron chi connectivity index (χ3n) is 2.71. The summed E-state index contributed by atoms with van der Waals surface area (Å²) in [5.41, 5.74) is 0.924. The molecular weight excluding hydrogens is 265 g/mol. The SMILES string of the molecule is Cc1ccc([N+](=O)[O-])c(Oc2ccc(CO)cc2F)c1. The Kier molecular flexibility index (Phi) is 3.95. The normalized spacial score (nSPS) is 10.3. The van der Waals surface area contributed by atoms with Crippen molar-refractivity contribution in [2.75, 3.05) is 0 Å². The van der Waals surface area contributed by atoms with Crippen molar-refractivity contribution in [3.8, 4) is 11.5 Å². The highest BCUT2D eigenvalue weighted by Crippen LogP contribution is 2.33. The lowest BCUT2D eigenvalue weighted by atomic mass is 10.2. The lowest BCUT2D eigenvalue weighted by Crippen LogP contribution is -1.96. The molecule has 2 aromatic rings. The second kappa shape index (κ2) is 5.66. The molecule has 0 aliphatic rings. The Bertz CT molecular complexity index is 658. The molecule has 0 saturated carbocycles. The van der Waals surface area contributed by atoms with Crippen molar-refractivity contribution in [1.82, 2.24) is 0 Å². The Hall–Kier alpha value is -2.47. The van der Waals surface area contributed by atoms with Crippen molar-refractivity contribution in [2.24, 2.45) is 0 Å². The molecule has 2 aromatic carbocycles. The fourth-order valence-corrected chi connectivity index (χ4v) is 1.70. The van der Waals surface area contributed by atoms with Gasteiger partial charge in [-0.25, -0.2) is 4.39 Å². The van der Waals surface area contributed by atoms with Gasteiger partial charge in [0.25, 0.3) is 0 Å². The monoisotopic (exact) mass is 277 g/mol. The molecule has 0 unspecified atom stereocenters. The molecule has 0 heterocycles. The van der Waals surface area contributed by atoms with Crippen LogP contribution in [0.15, 0.2) is 36.4 Å². The zero-order valence-electron chi connectivity index (χ0n) is 10.7. The molecular formula is C14H12FNO4. The maximum Gasteiger partial charge on any atom is 0.311 e. The first-order valence-corrected chi connectivity index (χ1v) is 5.83. The molecule has 0 bridgehead atoms. The number of benzene rings is 2. The molecule has 0 saturated heterocycles. The summed E-state index contributed by atoms with van der Waals surface area (Å²) in [5, 5.41) is 19.8. The van der Waals surface area contributed by atoms with Crippen molar-refractivity contribution < 1.29 is 19.2 Å². The molecule has 6 heteroatoms. The molecule has 0 fully saturated rings. The van der Waals surface area contributed by atoms with Crippen LogP contribution in [0.2, 0.25) is 0 Å². The second-order valence-corrected chi connectivity index (χ2v) is 4.25. The minimum atomic E-state index is -0.688. The van der Waals surface area contributed by atoms with Crippen LogP contribution in [0.25, 0.3) is 0 Å². The Morgan fingerprint density at radius 1 is 1.25 bits per heavy atom. The maximum absolute atomic E-state index is 13.8. The van der Waals surface area contributed by atoms with E-state index in [9.17, 15) is 14.5 Å². The number of hydrogen-bond donors (Lipinski definition) is 1. The van der Waals surface area contributed by atoms with Gasteiger partial charge in [-0.3, -0.25) is 10.1 Å². The Balaban J connectivity index is 2.39. The first-order valence-electron chi connectivity index (χ1n) is 5.83. The van der Waals surface area contributed by atoms with Gasteiger partial charge >= 0.3 is 5.69 Å². The Labute approximate surface area is 114 Å². The van der Waals surface area contributed by atoms with Crippen LogP contribution in [0, 0.1) is 22.9 Å². The van der Waals surface area contributed by atoms with Crippen molar-refractivity contribution in [3.63, 3.8) is 0 Å². The largest absolute Gasteiger partial charge is 0.447 e. The lowest BCUT2D eigenvalue weighted by Gasteiger charge is -2.08. The highest BCUT2D eigenvalue weighted by Gasteiger charge is 2.17. The number of aryl methyl sites for hydroxylation is 1. The van der Waals surface area contributed by atoms with Crippen LogP contribution in [0.5, 0.6) is 11.5 Å². The van der Waals surface area contributed by atoms with Crippen LogP contribution in [0.1, 0.15) is 11.1 Å². The van der Waals surface area contributed by atoms with E-state index in [0.29, 0.717) is 5.56 Å². The lowest BCUT2D eigenvalue weighted by molar-refractivity contribution is -0.385. The fraction of sp³-hybridized carbons (Fsp3) is 0.143. The summed E-state index contributed by atoms with van der Waals surface area (Å²) in [6.45, 7) is 1.46. The number of rotatable bonds is 4. The van der Waals surface area contributed by atoms with Gasteiger partial charge in [-0.1, -0.05) is 12.1 Å². The van der Waals surface area contributed by atoms with Crippen molar-refractivity contribution in [3.05, 3.63) is 63.5 Å². The molecule has 0 amide bonds. The average Bonchev–Trinajstić information content (AvgIpc) is 2.40. The second-order valence-electron chi connectivity index (χ2n) is 4.25. The summed E-state index contributed by atoms with van der Waals surface area (Å²) >= 11 is 0. The van der Waals surface area contributed by atoms with E-state index < -0.39 is 10.7 Å². The van der Waals surface area contributed by atoms with Crippen molar-refractivity contribution in [1.29, 1.82) is 0 Å². The van der Waals surface area contributed by atoms with E-state index in [1.807, 2.05) is 0 Å². The van der Waals surface area contributed by atoms with Gasteiger partial charge in [-0.15, -0.1) is 0 Å². The standard InChI is InChI=1S/C14H12FNO4/c1-9-2-4-12(16(18)19)14(6-9)20-13-5-3-10(8-17)7-11(13)15/h2-7,17H,8H2,1H3. The molecule has 1 N–H and O–H groups in total. The van der Waals surface area contributed by atoms with Crippen LogP contribution in [-0.4, -0.2) is 10.0 Å². The summed E-state index contributed by atoms with van der Waals surface area (Å²) in [7, 11) is 0. The number of nitro groups is 1. The molecule has 104 valence electrons. The summed E-state index contributed by atoms with van der Waals surface area (Å²) in [5.74, 6) is -0.839. The van der Waals surface area contributed by atoms with E-state index in [0.717, 1.165) is 11.6 Å². The summed E-state index contributed by atoms with van der Waals surface area (Å²) < 4.78 is 19.0. The van der Waals surface area contributed by atoms with E-state index in [1.54, 1.807) is 13.0 Å². The quantitative estimate of drug-likeness (QED) is 0.687. The summed E-state index contributed by atoms with van der Waals surface area (Å²) in [4.78, 5) is 10.3. The predicted octanol–water partition coefficient (Wildman–Crippen LogP) is 3.33. The van der Waals surface area contributed by atoms with Gasteiger partial charge in [0.05, 0.1) is 11.5 Å². The smallest absolute Gasteiger partial charge is 0.311 e. The van der Waals surface area contributed by atoms with Gasteiger partial charge in [-0.05, 0) is 36.2 Å². The third kappa shape index (κ3) is 2.92. The van der Waals surface area contributed by atoms with Gasteiger partial charge in [0, 0.05) is 6.07 Å². The zero-order chi connectivity index (χ0) is 14.7. The van der Waals surface area contributed by atoms with E-state index >= 15 is 0 Å². The van der Waals surface area contributed by atoms with E-state index in [2.05, 4.69) is 0 Å². The number of nitrogens with zero attached hydrogens (tertiary/aromatic N) is 1. The van der Waals surface area contributed by atoms with Crippen LogP contribution in [0.3, 0.4) is 0 Å². The van der Waals surface area contributed by atoms with Gasteiger partial charge in [-0.2, -0.15) is 0 Å². The minimum absolute atomic E-state index is 0.0225. The Morgan fingerprint density at radius 2 is 2.00 bits per heavy atom. The molecule has 0 aliphatic carbocycles. The summed E-state index contributed by atoms with van der Waals surface area (Å²) in [6.07, 6.45) is 0. The van der Waals surface area contributed by atoms with Crippen LogP contribution < -0.4 is 4.74 Å². The van der Waals surface area contributed by atoms with E-state index in [4.69, 9.17) is 9.84 Å². The zero-order valence-corrected chi connectivity index (χ0v) is 10.7. The molecule has 0 spiro atoms. The molecule has 0 aromatic heterocycles. The number of nitro benzene ring substituents is 1. The molecule has 20 heavy (non-hydrogen) atoms. The molecule has 2 rings (SSSR count). The maximum atomic E-state index is 13.8. The average molecular weight is 277 g/mol.